The number of carbonyl (C=O) groups excluding carboxylic acids is 1. The molecule has 2 aromatic carbocycles. The van der Waals surface area contributed by atoms with Crippen molar-refractivity contribution < 1.29 is 24.2 Å². The topological polar surface area (TPSA) is 72.8 Å². The van der Waals surface area contributed by atoms with E-state index in [1.807, 2.05) is 0 Å². The summed E-state index contributed by atoms with van der Waals surface area (Å²) in [4.78, 5) is 23.7. The molecule has 1 aliphatic rings. The molecule has 0 saturated heterocycles. The third-order valence-electron chi connectivity index (χ3n) is 3.29. The van der Waals surface area contributed by atoms with Crippen LogP contribution in [0.15, 0.2) is 36.4 Å². The van der Waals surface area contributed by atoms with Crippen molar-refractivity contribution in [2.45, 2.75) is 6.42 Å². The first-order valence-electron chi connectivity index (χ1n) is 6.49. The van der Waals surface area contributed by atoms with E-state index in [1.54, 1.807) is 30.3 Å². The average molecular weight is 319 g/mol. The molecule has 3 rings (SSSR count). The molecule has 1 N–H and O–H groups in total. The molecule has 0 fully saturated rings. The van der Waals surface area contributed by atoms with Crippen LogP contribution in [-0.2, 0) is 11.2 Å². The number of carboxylic acids is 1. The average Bonchev–Trinajstić information content (AvgIpc) is 2.93. The molecule has 0 spiro atoms. The van der Waals surface area contributed by atoms with Gasteiger partial charge in [0.05, 0.1) is 6.42 Å². The second-order valence-corrected chi connectivity index (χ2v) is 5.21. The Morgan fingerprint density at radius 1 is 1.09 bits per heavy atom. The largest absolute Gasteiger partial charge is 0.481 e. The van der Waals surface area contributed by atoms with Gasteiger partial charge in [-0.2, -0.15) is 0 Å². The van der Waals surface area contributed by atoms with Crippen molar-refractivity contribution in [2.24, 2.45) is 0 Å². The predicted molar refractivity (Wildman–Crippen MR) is 78.8 cm³/mol. The molecule has 0 unspecified atom stereocenters. The minimum atomic E-state index is -1.02. The van der Waals surface area contributed by atoms with Crippen molar-refractivity contribution in [1.82, 2.24) is 0 Å². The van der Waals surface area contributed by atoms with E-state index in [2.05, 4.69) is 0 Å². The van der Waals surface area contributed by atoms with Gasteiger partial charge in [0.15, 0.2) is 17.3 Å². The minimum Gasteiger partial charge on any atom is -0.481 e. The summed E-state index contributed by atoms with van der Waals surface area (Å²) in [6.45, 7) is 0.0560. The lowest BCUT2D eigenvalue weighted by Crippen LogP contribution is -2.09. The number of benzene rings is 2. The SMILES string of the molecule is O=C(O)Cc1cc2c(cc1C(=O)c1ccc(Cl)cc1)OCO2. The van der Waals surface area contributed by atoms with E-state index in [4.69, 9.17) is 26.2 Å². The molecular weight excluding hydrogens is 308 g/mol. The molecule has 0 radical (unpaired) electrons. The molecule has 0 atom stereocenters. The number of carboxylic acid groups (broad SMARTS) is 1. The number of halogens is 1. The van der Waals surface area contributed by atoms with Crippen LogP contribution in [0, 0.1) is 0 Å². The lowest BCUT2D eigenvalue weighted by Gasteiger charge is -2.09. The number of ether oxygens (including phenoxy) is 2. The van der Waals surface area contributed by atoms with Crippen LogP contribution in [0.3, 0.4) is 0 Å². The normalized spacial score (nSPS) is 12.2. The summed E-state index contributed by atoms with van der Waals surface area (Å²) in [6.07, 6.45) is -0.273. The maximum Gasteiger partial charge on any atom is 0.307 e. The third-order valence-corrected chi connectivity index (χ3v) is 3.54. The zero-order chi connectivity index (χ0) is 15.7. The molecule has 5 nitrogen and oxygen atoms in total. The summed E-state index contributed by atoms with van der Waals surface area (Å²) < 4.78 is 10.5. The van der Waals surface area contributed by atoms with E-state index >= 15 is 0 Å². The molecule has 0 saturated carbocycles. The zero-order valence-corrected chi connectivity index (χ0v) is 12.1. The first kappa shape index (κ1) is 14.4. The number of rotatable bonds is 4. The van der Waals surface area contributed by atoms with Crippen LogP contribution in [0.1, 0.15) is 21.5 Å². The van der Waals surface area contributed by atoms with Crippen LogP contribution in [-0.4, -0.2) is 23.7 Å². The maximum absolute atomic E-state index is 12.6. The standard InChI is InChI=1S/C16H11ClO5/c17-11-3-1-9(2-4-11)16(20)12-7-14-13(21-8-22-14)5-10(12)6-15(18)19/h1-5,7H,6,8H2,(H,18,19). The Labute approximate surface area is 131 Å². The van der Waals surface area contributed by atoms with Crippen molar-refractivity contribution >= 4 is 23.4 Å². The summed E-state index contributed by atoms with van der Waals surface area (Å²) in [5.41, 5.74) is 1.10. The highest BCUT2D eigenvalue weighted by atomic mass is 35.5. The molecule has 2 aromatic rings. The molecule has 0 aromatic heterocycles. The first-order chi connectivity index (χ1) is 10.5. The Morgan fingerprint density at radius 2 is 1.73 bits per heavy atom. The minimum absolute atomic E-state index is 0.0560. The Morgan fingerprint density at radius 3 is 2.36 bits per heavy atom. The predicted octanol–water partition coefficient (Wildman–Crippen LogP) is 2.93. The van der Waals surface area contributed by atoms with E-state index in [9.17, 15) is 9.59 Å². The summed E-state index contributed by atoms with van der Waals surface area (Å²) in [5.74, 6) is -0.425. The number of carbonyl (C=O) groups is 2. The van der Waals surface area contributed by atoms with Gasteiger partial charge < -0.3 is 14.6 Å². The van der Waals surface area contributed by atoms with Gasteiger partial charge in [0.2, 0.25) is 6.79 Å². The van der Waals surface area contributed by atoms with E-state index < -0.39 is 5.97 Å². The van der Waals surface area contributed by atoms with E-state index in [0.29, 0.717) is 27.6 Å². The Balaban J connectivity index is 2.06. The molecule has 0 aliphatic carbocycles. The van der Waals surface area contributed by atoms with Crippen LogP contribution in [0.5, 0.6) is 11.5 Å². The monoisotopic (exact) mass is 318 g/mol. The van der Waals surface area contributed by atoms with Gasteiger partial charge in [0, 0.05) is 16.1 Å². The smallest absolute Gasteiger partial charge is 0.307 e. The third kappa shape index (κ3) is 2.76. The Kier molecular flexibility index (Phi) is 3.73. The Bertz CT molecular complexity index is 752. The van der Waals surface area contributed by atoms with Crippen LogP contribution in [0.25, 0.3) is 0 Å². The number of aliphatic carboxylic acids is 1. The quantitative estimate of drug-likeness (QED) is 0.877. The Hall–Kier alpha value is -2.53. The van der Waals surface area contributed by atoms with Crippen molar-refractivity contribution in [3.05, 3.63) is 58.1 Å². The number of fused-ring (bicyclic) bond motifs is 1. The fourth-order valence-electron chi connectivity index (χ4n) is 2.26. The maximum atomic E-state index is 12.6. The number of hydrogen-bond acceptors (Lipinski definition) is 4. The van der Waals surface area contributed by atoms with Crippen LogP contribution in [0.2, 0.25) is 5.02 Å². The van der Waals surface area contributed by atoms with Crippen LogP contribution < -0.4 is 9.47 Å². The van der Waals surface area contributed by atoms with Gasteiger partial charge in [-0.25, -0.2) is 0 Å². The van der Waals surface area contributed by atoms with Gasteiger partial charge >= 0.3 is 5.97 Å². The van der Waals surface area contributed by atoms with Crippen molar-refractivity contribution in [1.29, 1.82) is 0 Å². The lowest BCUT2D eigenvalue weighted by molar-refractivity contribution is -0.136. The van der Waals surface area contributed by atoms with E-state index in [-0.39, 0.29) is 24.6 Å². The fourth-order valence-corrected chi connectivity index (χ4v) is 2.39. The molecule has 1 aliphatic heterocycles. The number of ketones is 1. The molecule has 112 valence electrons. The fraction of sp³-hybridized carbons (Fsp3) is 0.125. The molecule has 22 heavy (non-hydrogen) atoms. The highest BCUT2D eigenvalue weighted by molar-refractivity contribution is 6.30. The van der Waals surface area contributed by atoms with Crippen molar-refractivity contribution in [2.75, 3.05) is 6.79 Å². The van der Waals surface area contributed by atoms with Gasteiger partial charge in [0.1, 0.15) is 0 Å². The van der Waals surface area contributed by atoms with Gasteiger partial charge in [-0.3, -0.25) is 9.59 Å². The molecule has 0 amide bonds. The molecule has 6 heteroatoms. The van der Waals surface area contributed by atoms with Gasteiger partial charge in [0.25, 0.3) is 0 Å². The van der Waals surface area contributed by atoms with Crippen molar-refractivity contribution in [3.8, 4) is 11.5 Å². The lowest BCUT2D eigenvalue weighted by atomic mass is 9.96. The second-order valence-electron chi connectivity index (χ2n) is 4.77. The van der Waals surface area contributed by atoms with Gasteiger partial charge in [-0.15, -0.1) is 0 Å². The summed E-state index contributed by atoms with van der Waals surface area (Å²) >= 11 is 5.81. The summed E-state index contributed by atoms with van der Waals surface area (Å²) in [6, 6.07) is 9.48. The highest BCUT2D eigenvalue weighted by Crippen LogP contribution is 2.36. The number of hydrogen-bond donors (Lipinski definition) is 1. The zero-order valence-electron chi connectivity index (χ0n) is 11.3. The first-order valence-corrected chi connectivity index (χ1v) is 6.87. The van der Waals surface area contributed by atoms with Crippen molar-refractivity contribution in [3.63, 3.8) is 0 Å². The van der Waals surface area contributed by atoms with E-state index in [1.165, 1.54) is 6.07 Å². The van der Waals surface area contributed by atoms with Crippen LogP contribution in [0.4, 0.5) is 0 Å². The molecule has 1 heterocycles. The summed E-state index contributed by atoms with van der Waals surface area (Å²) in [7, 11) is 0. The van der Waals surface area contributed by atoms with E-state index in [0.717, 1.165) is 0 Å². The van der Waals surface area contributed by atoms with Crippen LogP contribution >= 0.6 is 11.6 Å². The highest BCUT2D eigenvalue weighted by Gasteiger charge is 2.22. The second kappa shape index (κ2) is 5.69. The molecule has 0 bridgehead atoms. The van der Waals surface area contributed by atoms with Gasteiger partial charge in [-0.1, -0.05) is 11.6 Å². The summed E-state index contributed by atoms with van der Waals surface area (Å²) in [5, 5.41) is 9.55. The van der Waals surface area contributed by atoms with Gasteiger partial charge in [-0.05, 0) is 42.0 Å². The molecular formula is C16H11ClO5.